The Hall–Kier alpha value is -6.66. The second-order valence-electron chi connectivity index (χ2n) is 11.7. The topological polar surface area (TPSA) is 126 Å². The van der Waals surface area contributed by atoms with Crippen LogP contribution in [0.5, 0.6) is 0 Å². The third-order valence-electron chi connectivity index (χ3n) is 8.71. The third-order valence-corrected chi connectivity index (χ3v) is 8.71. The first kappa shape index (κ1) is 28.8. The fourth-order valence-electron chi connectivity index (χ4n) is 6.37. The number of nitrogens with one attached hydrogen (secondary N) is 2. The first-order chi connectivity index (χ1) is 23.5. The number of hydrogen-bond donors (Lipinski definition) is 4. The molecule has 8 aromatic rings. The number of nitrogens with two attached hydrogens (primary N) is 2. The van der Waals surface area contributed by atoms with Crippen molar-refractivity contribution in [2.45, 2.75) is 0 Å². The van der Waals surface area contributed by atoms with E-state index < -0.39 is 0 Å². The zero-order chi connectivity index (χ0) is 32.8. The van der Waals surface area contributed by atoms with Crippen LogP contribution in [0.1, 0.15) is 22.3 Å². The van der Waals surface area contributed by atoms with Crippen molar-refractivity contribution in [2.24, 2.45) is 11.5 Å². The molecule has 0 unspecified atom stereocenters. The fourth-order valence-corrected chi connectivity index (χ4v) is 6.37. The van der Waals surface area contributed by atoms with E-state index in [0.717, 1.165) is 43.8 Å². The molecule has 6 N–H and O–H groups in total. The van der Waals surface area contributed by atoms with Crippen LogP contribution in [0.2, 0.25) is 0 Å². The van der Waals surface area contributed by atoms with E-state index in [2.05, 4.69) is 6.07 Å². The molecular formula is C42H30N4O2. The number of para-hydroxylation sites is 2. The molecule has 0 fully saturated rings. The zero-order valence-corrected chi connectivity index (χ0v) is 25.8. The highest BCUT2D eigenvalue weighted by atomic mass is 16.3. The molecule has 230 valence electrons. The van der Waals surface area contributed by atoms with Crippen LogP contribution in [0.3, 0.4) is 0 Å². The van der Waals surface area contributed by atoms with Crippen molar-refractivity contribution >= 4 is 66.7 Å². The maximum Gasteiger partial charge on any atom is 0.147 e. The normalized spacial score (nSPS) is 12.3. The molecule has 0 saturated heterocycles. The van der Waals surface area contributed by atoms with Crippen LogP contribution in [0.15, 0.2) is 154 Å². The standard InChI is InChI=1S/C42H30N4O2/c43-34(25-12-4-1-5-13-25)23-36(45)30-20-10-18-28-32-22-33-29-19-11-21-31(37(46)24-35(44)26-14-6-2-7-15-26)40(29)48-42(33)38(41(32)47-39(28)30)27-16-8-3-9-17-27/h1-24,43,46H,44-45H2/b35-24-,36-23-,43-34?,46-37?. The van der Waals surface area contributed by atoms with E-state index in [4.69, 9.17) is 31.1 Å². The van der Waals surface area contributed by atoms with Gasteiger partial charge in [0.25, 0.3) is 0 Å². The minimum absolute atomic E-state index is 0.254. The number of rotatable bonds is 7. The van der Waals surface area contributed by atoms with Crippen molar-refractivity contribution < 1.29 is 8.83 Å². The van der Waals surface area contributed by atoms with Crippen molar-refractivity contribution in [1.29, 1.82) is 10.8 Å². The molecule has 8 rings (SSSR count). The Balaban J connectivity index is 1.35. The lowest BCUT2D eigenvalue weighted by Gasteiger charge is -2.05. The van der Waals surface area contributed by atoms with Crippen LogP contribution in [0.25, 0.3) is 66.4 Å². The number of hydrogen-bond acceptors (Lipinski definition) is 6. The maximum absolute atomic E-state index is 9.01. The number of fused-ring (bicyclic) bond motifs is 6. The van der Waals surface area contributed by atoms with Crippen LogP contribution in [0.4, 0.5) is 0 Å². The van der Waals surface area contributed by atoms with E-state index in [0.29, 0.717) is 50.6 Å². The monoisotopic (exact) mass is 622 g/mol. The second-order valence-corrected chi connectivity index (χ2v) is 11.7. The van der Waals surface area contributed by atoms with Gasteiger partial charge in [-0.2, -0.15) is 0 Å². The molecule has 0 atom stereocenters. The molecule has 2 heterocycles. The number of furan rings is 2. The minimum Gasteiger partial charge on any atom is -0.455 e. The lowest BCUT2D eigenvalue weighted by molar-refractivity contribution is 0.657. The minimum atomic E-state index is 0.254. The van der Waals surface area contributed by atoms with Crippen LogP contribution in [0, 0.1) is 10.8 Å². The van der Waals surface area contributed by atoms with E-state index >= 15 is 0 Å². The molecule has 0 aliphatic heterocycles. The smallest absolute Gasteiger partial charge is 0.147 e. The van der Waals surface area contributed by atoms with Gasteiger partial charge in [0, 0.05) is 44.1 Å². The first-order valence-corrected chi connectivity index (χ1v) is 15.6. The van der Waals surface area contributed by atoms with Gasteiger partial charge in [-0.25, -0.2) is 0 Å². The van der Waals surface area contributed by atoms with Crippen molar-refractivity contribution in [1.82, 2.24) is 0 Å². The van der Waals surface area contributed by atoms with Crippen LogP contribution in [-0.4, -0.2) is 11.4 Å². The van der Waals surface area contributed by atoms with Crippen LogP contribution < -0.4 is 11.5 Å². The molecule has 6 heteroatoms. The summed E-state index contributed by atoms with van der Waals surface area (Å²) in [5.41, 5.74) is 21.9. The summed E-state index contributed by atoms with van der Waals surface area (Å²) in [6.07, 6.45) is 3.34. The Kier molecular flexibility index (Phi) is 6.96. The summed E-state index contributed by atoms with van der Waals surface area (Å²) in [5.74, 6) is 0. The van der Waals surface area contributed by atoms with Crippen molar-refractivity contribution in [3.8, 4) is 11.1 Å². The SMILES string of the molecule is N=C(/C=C(\N)c1cccc2c1oc1c(-c3ccccc3)c3oc4c(C(=N)/C=C(\N)c5ccccc5)cccc4c3cc12)c1ccccc1. The Morgan fingerprint density at radius 2 is 0.958 bits per heavy atom. The molecule has 48 heavy (non-hydrogen) atoms. The average molecular weight is 623 g/mol. The summed E-state index contributed by atoms with van der Waals surface area (Å²) in [6, 6.07) is 43.0. The predicted molar refractivity (Wildman–Crippen MR) is 197 cm³/mol. The van der Waals surface area contributed by atoms with E-state index in [-0.39, 0.29) is 5.71 Å². The average Bonchev–Trinajstić information content (AvgIpc) is 3.69. The largest absolute Gasteiger partial charge is 0.455 e. The van der Waals surface area contributed by atoms with Gasteiger partial charge in [0.15, 0.2) is 0 Å². The van der Waals surface area contributed by atoms with Gasteiger partial charge in [0.05, 0.1) is 17.0 Å². The summed E-state index contributed by atoms with van der Waals surface area (Å²) in [5, 5.41) is 21.3. The number of allylic oxidation sites excluding steroid dienone is 2. The molecule has 6 aromatic carbocycles. The van der Waals surface area contributed by atoms with Gasteiger partial charge in [0.1, 0.15) is 22.3 Å². The molecule has 0 bridgehead atoms. The van der Waals surface area contributed by atoms with Gasteiger partial charge in [-0.1, -0.05) is 115 Å². The third kappa shape index (κ3) is 4.84. The molecule has 0 spiro atoms. The molecule has 0 amide bonds. The molecule has 0 radical (unpaired) electrons. The van der Waals surface area contributed by atoms with Gasteiger partial charge >= 0.3 is 0 Å². The van der Waals surface area contributed by atoms with Gasteiger partial charge in [-0.3, -0.25) is 0 Å². The summed E-state index contributed by atoms with van der Waals surface area (Å²) in [6.45, 7) is 0. The molecule has 2 aromatic heterocycles. The van der Waals surface area contributed by atoms with Gasteiger partial charge in [0.2, 0.25) is 0 Å². The lowest BCUT2D eigenvalue weighted by atomic mass is 9.97. The molecule has 0 aliphatic rings. The first-order valence-electron chi connectivity index (χ1n) is 15.6. The quantitative estimate of drug-likeness (QED) is 0.132. The molecular weight excluding hydrogens is 592 g/mol. The van der Waals surface area contributed by atoms with Crippen molar-refractivity contribution in [3.63, 3.8) is 0 Å². The van der Waals surface area contributed by atoms with Crippen LogP contribution in [-0.2, 0) is 0 Å². The van der Waals surface area contributed by atoms with E-state index in [1.807, 2.05) is 127 Å². The van der Waals surface area contributed by atoms with Gasteiger partial charge in [-0.05, 0) is 47.0 Å². The molecule has 6 nitrogen and oxygen atoms in total. The van der Waals surface area contributed by atoms with Crippen LogP contribution >= 0.6 is 0 Å². The Morgan fingerprint density at radius 1 is 0.458 bits per heavy atom. The predicted octanol–water partition coefficient (Wildman–Crippen LogP) is 9.89. The van der Waals surface area contributed by atoms with E-state index in [1.165, 1.54) is 0 Å². The van der Waals surface area contributed by atoms with Crippen molar-refractivity contribution in [3.05, 3.63) is 168 Å². The highest BCUT2D eigenvalue weighted by Crippen LogP contribution is 2.45. The molecule has 0 aliphatic carbocycles. The Morgan fingerprint density at radius 3 is 1.56 bits per heavy atom. The van der Waals surface area contributed by atoms with Gasteiger partial charge in [-0.15, -0.1) is 0 Å². The summed E-state index contributed by atoms with van der Waals surface area (Å²) in [4.78, 5) is 0. The van der Waals surface area contributed by atoms with E-state index in [1.54, 1.807) is 12.2 Å². The van der Waals surface area contributed by atoms with Gasteiger partial charge < -0.3 is 31.1 Å². The van der Waals surface area contributed by atoms with E-state index in [9.17, 15) is 0 Å². The summed E-state index contributed by atoms with van der Waals surface area (Å²) in [7, 11) is 0. The lowest BCUT2D eigenvalue weighted by Crippen LogP contribution is -2.02. The molecule has 0 saturated carbocycles. The second kappa shape index (κ2) is 11.6. The number of benzene rings is 6. The summed E-state index contributed by atoms with van der Waals surface area (Å²) < 4.78 is 13.5. The zero-order valence-electron chi connectivity index (χ0n) is 25.8. The maximum atomic E-state index is 9.01. The fraction of sp³-hybridized carbons (Fsp3) is 0. The highest BCUT2D eigenvalue weighted by molar-refractivity contribution is 6.25. The summed E-state index contributed by atoms with van der Waals surface area (Å²) >= 11 is 0. The van der Waals surface area contributed by atoms with Crippen molar-refractivity contribution in [2.75, 3.05) is 0 Å². The Labute approximate surface area is 276 Å². The Bertz CT molecular complexity index is 2590. The highest BCUT2D eigenvalue weighted by Gasteiger charge is 2.23.